The van der Waals surface area contributed by atoms with Crippen molar-refractivity contribution in [3.05, 3.63) is 41.4 Å². The number of fused-ring (bicyclic) bond motifs is 7. The third kappa shape index (κ3) is 3.35. The number of carbonyl (C=O) groups excluding carboxylic acids is 1. The number of rotatable bonds is 2. The molecule has 0 aromatic carbocycles. The number of carboxylic acid groups (broad SMARTS) is 1. The van der Waals surface area contributed by atoms with Gasteiger partial charge in [-0.05, 0) is 121 Å². The van der Waals surface area contributed by atoms with E-state index in [9.17, 15) is 14.7 Å². The number of hydrogen-bond donors (Lipinski definition) is 1. The zero-order valence-electron chi connectivity index (χ0n) is 25.1. The lowest BCUT2D eigenvalue weighted by molar-refractivity contribution is -0.185. The Bertz CT molecular complexity index is 1250. The van der Waals surface area contributed by atoms with Gasteiger partial charge in [-0.3, -0.25) is 9.59 Å². The Balaban J connectivity index is 1.46. The molecule has 0 amide bonds. The molecule has 5 aliphatic rings. The van der Waals surface area contributed by atoms with E-state index in [0.717, 1.165) is 62.7 Å². The molecule has 4 nitrogen and oxygen atoms in total. The van der Waals surface area contributed by atoms with Crippen molar-refractivity contribution in [3.63, 3.8) is 0 Å². The third-order valence-corrected chi connectivity index (χ3v) is 13.9. The van der Waals surface area contributed by atoms with Crippen LogP contribution in [0.2, 0.25) is 0 Å². The van der Waals surface area contributed by atoms with Crippen LogP contribution in [0, 0.1) is 56.7 Å². The standard InChI is InChI=1S/C35H48O4/c1-21-12-15-35(30(37)38)17-16-33(6)25(28(35)22(21)2)10-11-27-32(5)20-23(19-24-9-8-18-39-24)29(36)31(3,4)26(32)13-14-34(27,33)7/h8-10,18-19,21-22,26-28H,11-17,20H2,1-7H3,(H,37,38)/b23-19-/t21-,22+,26+,27-,28+,32+,33-,34-,35+/m1/s1. The largest absolute Gasteiger partial charge is 0.481 e. The summed E-state index contributed by atoms with van der Waals surface area (Å²) >= 11 is 0. The second-order valence-corrected chi connectivity index (χ2v) is 15.5. The van der Waals surface area contributed by atoms with Crippen molar-refractivity contribution in [2.45, 2.75) is 99.8 Å². The molecule has 1 heterocycles. The van der Waals surface area contributed by atoms with E-state index in [1.165, 1.54) is 5.57 Å². The lowest BCUT2D eigenvalue weighted by Gasteiger charge is -2.70. The highest BCUT2D eigenvalue weighted by molar-refractivity contribution is 6.04. The summed E-state index contributed by atoms with van der Waals surface area (Å²) in [6.07, 6.45) is 13.7. The fourth-order valence-electron chi connectivity index (χ4n) is 11.4. The Morgan fingerprint density at radius 2 is 1.77 bits per heavy atom. The number of allylic oxidation sites excluding steroid dienone is 3. The highest BCUT2D eigenvalue weighted by Gasteiger charge is 2.70. The van der Waals surface area contributed by atoms with Crippen molar-refractivity contribution in [3.8, 4) is 0 Å². The number of hydrogen-bond acceptors (Lipinski definition) is 3. The second kappa shape index (κ2) is 8.46. The molecule has 0 saturated heterocycles. The molecule has 1 aromatic heterocycles. The summed E-state index contributed by atoms with van der Waals surface area (Å²) in [6.45, 7) is 16.5. The molecule has 5 aliphatic carbocycles. The Kier molecular flexibility index (Phi) is 5.88. The van der Waals surface area contributed by atoms with Gasteiger partial charge in [0, 0.05) is 5.41 Å². The van der Waals surface area contributed by atoms with Gasteiger partial charge in [0.1, 0.15) is 5.76 Å². The van der Waals surface area contributed by atoms with Gasteiger partial charge in [-0.1, -0.05) is 60.1 Å². The molecule has 0 aliphatic heterocycles. The second-order valence-electron chi connectivity index (χ2n) is 15.5. The van der Waals surface area contributed by atoms with Crippen LogP contribution in [0.15, 0.2) is 40.0 Å². The molecule has 4 heteroatoms. The Morgan fingerprint density at radius 1 is 1.03 bits per heavy atom. The Morgan fingerprint density at radius 3 is 2.44 bits per heavy atom. The van der Waals surface area contributed by atoms with Crippen molar-refractivity contribution >= 4 is 17.8 Å². The zero-order chi connectivity index (χ0) is 28.2. The van der Waals surface area contributed by atoms with Crippen molar-refractivity contribution in [2.75, 3.05) is 0 Å². The minimum atomic E-state index is -0.611. The van der Waals surface area contributed by atoms with Gasteiger partial charge in [-0.2, -0.15) is 0 Å². The van der Waals surface area contributed by atoms with Crippen LogP contribution in [0.1, 0.15) is 106 Å². The summed E-state index contributed by atoms with van der Waals surface area (Å²) in [6, 6.07) is 3.82. The lowest BCUT2D eigenvalue weighted by Crippen LogP contribution is -2.65. The molecule has 0 radical (unpaired) electrons. The molecule has 212 valence electrons. The van der Waals surface area contributed by atoms with E-state index in [1.54, 1.807) is 6.26 Å². The summed E-state index contributed by atoms with van der Waals surface area (Å²) in [5.74, 6) is 2.28. The van der Waals surface area contributed by atoms with E-state index in [4.69, 9.17) is 4.42 Å². The molecular weight excluding hydrogens is 484 g/mol. The van der Waals surface area contributed by atoms with Gasteiger partial charge >= 0.3 is 5.97 Å². The molecule has 1 N–H and O–H groups in total. The Labute approximate surface area is 234 Å². The average molecular weight is 533 g/mol. The first-order valence-electron chi connectivity index (χ1n) is 15.5. The van der Waals surface area contributed by atoms with Crippen LogP contribution in [0.5, 0.6) is 0 Å². The normalized spacial score (nSPS) is 47.9. The minimum Gasteiger partial charge on any atom is -0.481 e. The molecule has 0 bridgehead atoms. The van der Waals surface area contributed by atoms with Crippen LogP contribution in [-0.2, 0) is 9.59 Å². The number of carboxylic acids is 1. The highest BCUT2D eigenvalue weighted by Crippen LogP contribution is 2.75. The van der Waals surface area contributed by atoms with Crippen LogP contribution < -0.4 is 0 Å². The van der Waals surface area contributed by atoms with Gasteiger partial charge in [0.25, 0.3) is 0 Å². The van der Waals surface area contributed by atoms with E-state index in [0.29, 0.717) is 23.7 Å². The molecule has 4 saturated carbocycles. The van der Waals surface area contributed by atoms with Gasteiger partial charge in [-0.25, -0.2) is 0 Å². The minimum absolute atomic E-state index is 0.0132. The van der Waals surface area contributed by atoms with Crippen LogP contribution in [0.4, 0.5) is 0 Å². The Hall–Kier alpha value is -2.10. The van der Waals surface area contributed by atoms with Crippen molar-refractivity contribution in [1.29, 1.82) is 0 Å². The number of ketones is 1. The first-order chi connectivity index (χ1) is 18.2. The molecule has 0 unspecified atom stereocenters. The topological polar surface area (TPSA) is 67.5 Å². The maximum atomic E-state index is 13.8. The van der Waals surface area contributed by atoms with Gasteiger partial charge < -0.3 is 9.52 Å². The van der Waals surface area contributed by atoms with Crippen molar-refractivity contribution in [2.24, 2.45) is 56.7 Å². The highest BCUT2D eigenvalue weighted by atomic mass is 16.4. The van der Waals surface area contributed by atoms with E-state index in [1.807, 2.05) is 18.2 Å². The number of Topliss-reactive ketones (excluding diaryl/α,β-unsaturated/α-hetero) is 1. The fourth-order valence-corrected chi connectivity index (χ4v) is 11.4. The number of carbonyl (C=O) groups is 2. The SMILES string of the molecule is C[C@H]1[C@H](C)CC[C@]2(C(=O)O)CC[C@]3(C)C(=CC[C@@H]4[C@@]5(C)C/C(=C/c6ccco6)C(=O)C(C)(C)[C@@H]5CC[C@]43C)[C@H]12. The number of furan rings is 1. The maximum Gasteiger partial charge on any atom is 0.310 e. The summed E-state index contributed by atoms with van der Waals surface area (Å²) in [5.41, 5.74) is 1.38. The monoisotopic (exact) mass is 532 g/mol. The van der Waals surface area contributed by atoms with Gasteiger partial charge in [-0.15, -0.1) is 0 Å². The first-order valence-corrected chi connectivity index (χ1v) is 15.5. The first kappa shape index (κ1) is 27.1. The maximum absolute atomic E-state index is 13.8. The third-order valence-electron chi connectivity index (χ3n) is 13.9. The van der Waals surface area contributed by atoms with E-state index >= 15 is 0 Å². The van der Waals surface area contributed by atoms with Crippen molar-refractivity contribution < 1.29 is 19.1 Å². The fraction of sp³-hybridized carbons (Fsp3) is 0.714. The molecule has 4 fully saturated rings. The van der Waals surface area contributed by atoms with Crippen LogP contribution >= 0.6 is 0 Å². The lowest BCUT2D eigenvalue weighted by atomic mass is 9.33. The summed E-state index contributed by atoms with van der Waals surface area (Å²) < 4.78 is 5.65. The molecular formula is C35H48O4. The summed E-state index contributed by atoms with van der Waals surface area (Å²) in [4.78, 5) is 26.8. The molecule has 1 aromatic rings. The smallest absolute Gasteiger partial charge is 0.310 e. The predicted octanol–water partition coefficient (Wildman–Crippen LogP) is 8.58. The van der Waals surface area contributed by atoms with Crippen LogP contribution in [0.25, 0.3) is 6.08 Å². The molecule has 9 atom stereocenters. The summed E-state index contributed by atoms with van der Waals surface area (Å²) in [5, 5.41) is 10.6. The van der Waals surface area contributed by atoms with Gasteiger partial charge in [0.05, 0.1) is 11.7 Å². The van der Waals surface area contributed by atoms with Gasteiger partial charge in [0.15, 0.2) is 5.78 Å². The summed E-state index contributed by atoms with van der Waals surface area (Å²) in [7, 11) is 0. The van der Waals surface area contributed by atoms with Crippen LogP contribution in [-0.4, -0.2) is 16.9 Å². The number of aliphatic carboxylic acids is 1. The zero-order valence-corrected chi connectivity index (χ0v) is 25.1. The molecule has 39 heavy (non-hydrogen) atoms. The van der Waals surface area contributed by atoms with E-state index in [2.05, 4.69) is 54.5 Å². The van der Waals surface area contributed by atoms with E-state index in [-0.39, 0.29) is 27.9 Å². The van der Waals surface area contributed by atoms with E-state index < -0.39 is 16.8 Å². The van der Waals surface area contributed by atoms with Gasteiger partial charge in [0.2, 0.25) is 0 Å². The van der Waals surface area contributed by atoms with Crippen molar-refractivity contribution in [1.82, 2.24) is 0 Å². The quantitative estimate of drug-likeness (QED) is 0.306. The molecule has 0 spiro atoms. The van der Waals surface area contributed by atoms with Crippen LogP contribution in [0.3, 0.4) is 0 Å². The average Bonchev–Trinajstić information content (AvgIpc) is 3.38. The molecule has 6 rings (SSSR count). The predicted molar refractivity (Wildman–Crippen MR) is 154 cm³/mol.